The summed E-state index contributed by atoms with van der Waals surface area (Å²) in [6.45, 7) is 4.06. The number of aliphatic hydroxyl groups is 1. The summed E-state index contributed by atoms with van der Waals surface area (Å²) in [7, 11) is 1.62. The maximum Gasteiger partial charge on any atom is 0.222 e. The molecule has 1 saturated heterocycles. The van der Waals surface area contributed by atoms with Gasteiger partial charge in [-0.2, -0.15) is 0 Å². The van der Waals surface area contributed by atoms with Crippen LogP contribution in [-0.2, 0) is 11.2 Å². The minimum atomic E-state index is 0.177. The molecule has 1 aliphatic heterocycles. The normalized spacial score (nSPS) is 15.7. The fourth-order valence-electron chi connectivity index (χ4n) is 2.81. The molecule has 1 fully saturated rings. The molecule has 1 amide bonds. The van der Waals surface area contributed by atoms with Crippen molar-refractivity contribution in [3.8, 4) is 5.75 Å². The van der Waals surface area contributed by atoms with Gasteiger partial charge in [0, 0.05) is 44.2 Å². The number of nitrogens with zero attached hydrogens (tertiary/aromatic N) is 2. The van der Waals surface area contributed by atoms with Crippen LogP contribution in [-0.4, -0.2) is 67.3 Å². The van der Waals surface area contributed by atoms with Crippen LogP contribution in [0.25, 0.3) is 0 Å². The second-order valence-electron chi connectivity index (χ2n) is 5.76. The Hall–Kier alpha value is -1.30. The number of rotatable bonds is 7. The number of carbonyl (C=O) groups is 1. The zero-order chi connectivity index (χ0) is 16.7. The number of β-amino-alcohol motifs (C(OH)–C–C–N with tert-alkyl or cyclic N) is 1. The van der Waals surface area contributed by atoms with E-state index >= 15 is 0 Å². The standard InChI is InChI=1S/C17H25ClN2O3/c1-23-15-6-5-14(16(18)13-15)3-2-4-17(22)20-9-7-19(8-10-20)11-12-21/h5-6,13,21H,2-4,7-12H2,1H3. The molecule has 2 rings (SSSR count). The van der Waals surface area contributed by atoms with Crippen LogP contribution in [0.3, 0.4) is 0 Å². The first kappa shape index (κ1) is 18.0. The van der Waals surface area contributed by atoms with E-state index in [2.05, 4.69) is 4.90 Å². The molecule has 1 heterocycles. The third-order valence-corrected chi connectivity index (χ3v) is 4.59. The highest BCUT2D eigenvalue weighted by molar-refractivity contribution is 6.31. The molecule has 0 aromatic heterocycles. The lowest BCUT2D eigenvalue weighted by molar-refractivity contribution is -0.133. The van der Waals surface area contributed by atoms with E-state index in [4.69, 9.17) is 21.4 Å². The van der Waals surface area contributed by atoms with Crippen LogP contribution in [0.4, 0.5) is 0 Å². The second-order valence-corrected chi connectivity index (χ2v) is 6.16. The Morgan fingerprint density at radius 3 is 2.65 bits per heavy atom. The fourth-order valence-corrected chi connectivity index (χ4v) is 3.07. The van der Waals surface area contributed by atoms with Gasteiger partial charge < -0.3 is 14.7 Å². The van der Waals surface area contributed by atoms with Crippen LogP contribution in [0.2, 0.25) is 5.02 Å². The highest BCUT2D eigenvalue weighted by atomic mass is 35.5. The molecular formula is C17H25ClN2O3. The highest BCUT2D eigenvalue weighted by Crippen LogP contribution is 2.23. The Bertz CT molecular complexity index is 517. The van der Waals surface area contributed by atoms with Crippen molar-refractivity contribution in [3.63, 3.8) is 0 Å². The van der Waals surface area contributed by atoms with Crippen molar-refractivity contribution < 1.29 is 14.6 Å². The summed E-state index contributed by atoms with van der Waals surface area (Å²) in [5.41, 5.74) is 1.05. The number of aryl methyl sites for hydroxylation is 1. The molecule has 0 saturated carbocycles. The van der Waals surface area contributed by atoms with Gasteiger partial charge in [-0.05, 0) is 30.5 Å². The van der Waals surface area contributed by atoms with Gasteiger partial charge in [0.2, 0.25) is 5.91 Å². The van der Waals surface area contributed by atoms with Gasteiger partial charge >= 0.3 is 0 Å². The van der Waals surface area contributed by atoms with Crippen LogP contribution >= 0.6 is 11.6 Å². The van der Waals surface area contributed by atoms with E-state index in [0.717, 1.165) is 50.3 Å². The molecule has 1 aromatic carbocycles. The van der Waals surface area contributed by atoms with Gasteiger partial charge in [0.05, 0.1) is 13.7 Å². The zero-order valence-electron chi connectivity index (χ0n) is 13.6. The predicted octanol–water partition coefficient (Wildman–Crippen LogP) is 1.81. The van der Waals surface area contributed by atoms with E-state index < -0.39 is 0 Å². The number of carbonyl (C=O) groups excluding carboxylic acids is 1. The third-order valence-electron chi connectivity index (χ3n) is 4.24. The Morgan fingerprint density at radius 1 is 1.30 bits per heavy atom. The molecule has 0 atom stereocenters. The minimum absolute atomic E-state index is 0.177. The minimum Gasteiger partial charge on any atom is -0.497 e. The summed E-state index contributed by atoms with van der Waals surface area (Å²) < 4.78 is 5.13. The summed E-state index contributed by atoms with van der Waals surface area (Å²) in [5.74, 6) is 0.953. The maximum atomic E-state index is 12.2. The van der Waals surface area contributed by atoms with E-state index in [0.29, 0.717) is 18.0 Å². The number of methoxy groups -OCH3 is 1. The molecule has 5 nitrogen and oxygen atoms in total. The predicted molar refractivity (Wildman–Crippen MR) is 91.0 cm³/mol. The summed E-state index contributed by atoms with van der Waals surface area (Å²) >= 11 is 6.22. The summed E-state index contributed by atoms with van der Waals surface area (Å²) in [6, 6.07) is 5.65. The third kappa shape index (κ3) is 5.37. The van der Waals surface area contributed by atoms with E-state index in [-0.39, 0.29) is 12.5 Å². The summed E-state index contributed by atoms with van der Waals surface area (Å²) in [4.78, 5) is 16.3. The van der Waals surface area contributed by atoms with E-state index in [1.54, 1.807) is 13.2 Å². The average Bonchev–Trinajstić information content (AvgIpc) is 2.57. The van der Waals surface area contributed by atoms with Crippen molar-refractivity contribution in [2.45, 2.75) is 19.3 Å². The first-order valence-electron chi connectivity index (χ1n) is 8.07. The van der Waals surface area contributed by atoms with Crippen LogP contribution < -0.4 is 4.74 Å². The lowest BCUT2D eigenvalue weighted by Gasteiger charge is -2.34. The second kappa shape index (κ2) is 9.11. The molecular weight excluding hydrogens is 316 g/mol. The van der Waals surface area contributed by atoms with E-state index in [1.807, 2.05) is 17.0 Å². The first-order chi connectivity index (χ1) is 11.1. The van der Waals surface area contributed by atoms with Crippen molar-refractivity contribution in [1.29, 1.82) is 0 Å². The van der Waals surface area contributed by atoms with Gasteiger partial charge in [0.15, 0.2) is 0 Å². The van der Waals surface area contributed by atoms with Gasteiger partial charge in [-0.1, -0.05) is 17.7 Å². The van der Waals surface area contributed by atoms with Gasteiger partial charge in [-0.15, -0.1) is 0 Å². The van der Waals surface area contributed by atoms with Gasteiger partial charge in [0.25, 0.3) is 0 Å². The quantitative estimate of drug-likeness (QED) is 0.822. The fraction of sp³-hybridized carbons (Fsp3) is 0.588. The highest BCUT2D eigenvalue weighted by Gasteiger charge is 2.20. The number of halogens is 1. The summed E-state index contributed by atoms with van der Waals surface area (Å²) in [6.07, 6.45) is 2.13. The molecule has 0 aliphatic carbocycles. The lowest BCUT2D eigenvalue weighted by Crippen LogP contribution is -2.49. The van der Waals surface area contributed by atoms with Crippen molar-refractivity contribution in [2.24, 2.45) is 0 Å². The number of aliphatic hydroxyl groups excluding tert-OH is 1. The molecule has 23 heavy (non-hydrogen) atoms. The molecule has 1 N–H and O–H groups in total. The number of benzene rings is 1. The molecule has 0 spiro atoms. The van der Waals surface area contributed by atoms with Crippen LogP contribution in [0, 0.1) is 0 Å². The lowest BCUT2D eigenvalue weighted by atomic mass is 10.1. The van der Waals surface area contributed by atoms with E-state index in [9.17, 15) is 4.79 Å². The average molecular weight is 341 g/mol. The number of amides is 1. The number of hydrogen-bond donors (Lipinski definition) is 1. The summed E-state index contributed by atoms with van der Waals surface area (Å²) in [5, 5.41) is 9.62. The Morgan fingerprint density at radius 2 is 2.04 bits per heavy atom. The molecule has 1 aliphatic rings. The van der Waals surface area contributed by atoms with Gasteiger partial charge in [0.1, 0.15) is 5.75 Å². The van der Waals surface area contributed by atoms with Crippen LogP contribution in [0.15, 0.2) is 18.2 Å². The van der Waals surface area contributed by atoms with Crippen molar-refractivity contribution in [3.05, 3.63) is 28.8 Å². The maximum absolute atomic E-state index is 12.2. The van der Waals surface area contributed by atoms with Gasteiger partial charge in [-0.25, -0.2) is 0 Å². The Labute approximate surface area is 142 Å². The SMILES string of the molecule is COc1ccc(CCCC(=O)N2CCN(CCO)CC2)c(Cl)c1. The number of ether oxygens (including phenoxy) is 1. The number of hydrogen-bond acceptors (Lipinski definition) is 4. The largest absolute Gasteiger partial charge is 0.497 e. The first-order valence-corrected chi connectivity index (χ1v) is 8.45. The topological polar surface area (TPSA) is 53.0 Å². The Kier molecular flexibility index (Phi) is 7.15. The smallest absolute Gasteiger partial charge is 0.222 e. The molecule has 0 bridgehead atoms. The molecule has 0 radical (unpaired) electrons. The molecule has 6 heteroatoms. The molecule has 0 unspecified atom stereocenters. The molecule has 128 valence electrons. The monoisotopic (exact) mass is 340 g/mol. The van der Waals surface area contributed by atoms with Crippen molar-refractivity contribution in [1.82, 2.24) is 9.80 Å². The van der Waals surface area contributed by atoms with Crippen molar-refractivity contribution >= 4 is 17.5 Å². The zero-order valence-corrected chi connectivity index (χ0v) is 14.4. The van der Waals surface area contributed by atoms with Gasteiger partial charge in [-0.3, -0.25) is 9.69 Å². The van der Waals surface area contributed by atoms with Crippen LogP contribution in [0.5, 0.6) is 5.75 Å². The molecule has 1 aromatic rings. The van der Waals surface area contributed by atoms with Crippen LogP contribution in [0.1, 0.15) is 18.4 Å². The van der Waals surface area contributed by atoms with Crippen molar-refractivity contribution in [2.75, 3.05) is 46.4 Å². The number of piperazine rings is 1. The Balaban J connectivity index is 1.73. The van der Waals surface area contributed by atoms with E-state index in [1.165, 1.54) is 0 Å².